The van der Waals surface area contributed by atoms with Crippen molar-refractivity contribution in [1.82, 2.24) is 0 Å². The quantitative estimate of drug-likeness (QED) is 0.556. The van der Waals surface area contributed by atoms with Crippen LogP contribution >= 0.6 is 0 Å². The molecule has 1 atom stereocenters. The minimum absolute atomic E-state index is 0.0854. The molecule has 1 rings (SSSR count). The van der Waals surface area contributed by atoms with Crippen LogP contribution in [0.15, 0.2) is 24.0 Å². The summed E-state index contributed by atoms with van der Waals surface area (Å²) in [4.78, 5) is 11.0. The Morgan fingerprint density at radius 1 is 1.82 bits per heavy atom. The highest BCUT2D eigenvalue weighted by atomic mass is 16.5. The van der Waals surface area contributed by atoms with E-state index in [1.165, 1.54) is 18.4 Å². The normalized spacial score (nSPS) is 27.3. The molecule has 0 spiro atoms. The number of aliphatic hydroxyl groups excluding tert-OH is 1. The molecule has 3 heteroatoms. The first-order chi connectivity index (χ1) is 5.25. The van der Waals surface area contributed by atoms with Gasteiger partial charge in [0.1, 0.15) is 6.10 Å². The average molecular weight is 154 g/mol. The van der Waals surface area contributed by atoms with E-state index in [0.29, 0.717) is 5.57 Å². The van der Waals surface area contributed by atoms with E-state index in [4.69, 9.17) is 9.84 Å². The molecule has 1 unspecified atom stereocenters. The van der Waals surface area contributed by atoms with Crippen LogP contribution in [-0.2, 0) is 9.53 Å². The molecule has 11 heavy (non-hydrogen) atoms. The monoisotopic (exact) mass is 154 g/mol. The number of carbonyl (C=O) groups is 1. The van der Waals surface area contributed by atoms with E-state index in [1.54, 1.807) is 6.92 Å². The number of hydrogen-bond donors (Lipinski definition) is 1. The van der Waals surface area contributed by atoms with Gasteiger partial charge in [0.2, 0.25) is 0 Å². The average Bonchev–Trinajstić information content (AvgIpc) is 1.97. The topological polar surface area (TPSA) is 46.5 Å². The van der Waals surface area contributed by atoms with Crippen LogP contribution in [0.1, 0.15) is 6.92 Å². The van der Waals surface area contributed by atoms with Crippen LogP contribution in [-0.4, -0.2) is 23.6 Å². The molecule has 1 N–H and O–H groups in total. The van der Waals surface area contributed by atoms with Crippen molar-refractivity contribution in [1.29, 1.82) is 0 Å². The Morgan fingerprint density at radius 2 is 2.55 bits per heavy atom. The number of aliphatic hydroxyl groups is 1. The molecule has 0 aliphatic carbocycles. The van der Waals surface area contributed by atoms with Gasteiger partial charge in [-0.1, -0.05) is 0 Å². The number of ether oxygens (including phenoxy) is 1. The molecule has 1 heterocycles. The number of allylic oxidation sites excluding steroid dienone is 1. The lowest BCUT2D eigenvalue weighted by Crippen LogP contribution is -2.19. The second-order valence-electron chi connectivity index (χ2n) is 2.29. The second kappa shape index (κ2) is 3.34. The Morgan fingerprint density at radius 3 is 3.09 bits per heavy atom. The summed E-state index contributed by atoms with van der Waals surface area (Å²) >= 11 is 0. The van der Waals surface area contributed by atoms with Gasteiger partial charge in [-0.05, 0) is 13.0 Å². The van der Waals surface area contributed by atoms with Crippen molar-refractivity contribution in [3.63, 3.8) is 0 Å². The highest BCUT2D eigenvalue weighted by Crippen LogP contribution is 2.13. The van der Waals surface area contributed by atoms with Gasteiger partial charge in [0.25, 0.3) is 0 Å². The Hall–Kier alpha value is -1.09. The largest absolute Gasteiger partial charge is 0.493 e. The molecule has 1 aliphatic rings. The van der Waals surface area contributed by atoms with Crippen molar-refractivity contribution in [2.24, 2.45) is 0 Å². The molecule has 0 bridgehead atoms. The van der Waals surface area contributed by atoms with Crippen LogP contribution in [0, 0.1) is 0 Å². The molecular weight excluding hydrogens is 144 g/mol. The van der Waals surface area contributed by atoms with Crippen LogP contribution in [0.4, 0.5) is 0 Å². The van der Waals surface area contributed by atoms with E-state index in [0.717, 1.165) is 0 Å². The van der Waals surface area contributed by atoms with Gasteiger partial charge in [0.15, 0.2) is 5.78 Å². The SMILES string of the molecule is CC1OC=CC(=O)C1=CCO. The molecule has 0 aromatic rings. The zero-order chi connectivity index (χ0) is 8.27. The third kappa shape index (κ3) is 1.68. The maximum absolute atomic E-state index is 11.0. The number of hydrogen-bond acceptors (Lipinski definition) is 3. The summed E-state index contributed by atoms with van der Waals surface area (Å²) in [5.74, 6) is -0.0854. The smallest absolute Gasteiger partial charge is 0.188 e. The predicted molar refractivity (Wildman–Crippen MR) is 39.9 cm³/mol. The Bertz CT molecular complexity index is 215. The van der Waals surface area contributed by atoms with Gasteiger partial charge in [0.05, 0.1) is 12.9 Å². The van der Waals surface area contributed by atoms with E-state index in [2.05, 4.69) is 0 Å². The van der Waals surface area contributed by atoms with Gasteiger partial charge >= 0.3 is 0 Å². The standard InChI is InChI=1S/C8H10O3/c1-6-7(2-4-9)8(10)3-5-11-6/h2-3,5-6,9H,4H2,1H3. The molecule has 0 fully saturated rings. The lowest BCUT2D eigenvalue weighted by Gasteiger charge is -2.16. The molecule has 3 nitrogen and oxygen atoms in total. The van der Waals surface area contributed by atoms with Crippen LogP contribution < -0.4 is 0 Å². The molecule has 0 saturated carbocycles. The summed E-state index contributed by atoms with van der Waals surface area (Å²) in [6.07, 6.45) is 3.96. The van der Waals surface area contributed by atoms with Crippen LogP contribution in [0.25, 0.3) is 0 Å². The lowest BCUT2D eigenvalue weighted by atomic mass is 10.0. The van der Waals surface area contributed by atoms with Crippen molar-refractivity contribution in [2.75, 3.05) is 6.61 Å². The van der Waals surface area contributed by atoms with Crippen LogP contribution in [0.3, 0.4) is 0 Å². The Labute approximate surface area is 65.0 Å². The van der Waals surface area contributed by atoms with Gasteiger partial charge in [-0.2, -0.15) is 0 Å². The zero-order valence-electron chi connectivity index (χ0n) is 6.28. The maximum Gasteiger partial charge on any atom is 0.188 e. The molecule has 0 radical (unpaired) electrons. The fraction of sp³-hybridized carbons (Fsp3) is 0.375. The number of ketones is 1. The third-order valence-electron chi connectivity index (χ3n) is 1.54. The van der Waals surface area contributed by atoms with E-state index in [-0.39, 0.29) is 18.5 Å². The van der Waals surface area contributed by atoms with E-state index in [1.807, 2.05) is 0 Å². The first-order valence-electron chi connectivity index (χ1n) is 3.43. The summed E-state index contributed by atoms with van der Waals surface area (Å²) in [5.41, 5.74) is 0.523. The minimum atomic E-state index is -0.236. The fourth-order valence-electron chi connectivity index (χ4n) is 0.954. The summed E-state index contributed by atoms with van der Waals surface area (Å²) in [6, 6.07) is 0. The first kappa shape index (κ1) is 8.01. The molecule has 60 valence electrons. The van der Waals surface area contributed by atoms with E-state index < -0.39 is 0 Å². The van der Waals surface area contributed by atoms with Crippen LogP contribution in [0.5, 0.6) is 0 Å². The lowest BCUT2D eigenvalue weighted by molar-refractivity contribution is -0.113. The van der Waals surface area contributed by atoms with Gasteiger partial charge in [-0.3, -0.25) is 4.79 Å². The fourth-order valence-corrected chi connectivity index (χ4v) is 0.954. The Balaban J connectivity index is 2.83. The summed E-state index contributed by atoms with van der Waals surface area (Å²) in [6.45, 7) is 1.64. The highest BCUT2D eigenvalue weighted by molar-refractivity contribution is 6.05. The Kier molecular flexibility index (Phi) is 2.44. The van der Waals surface area contributed by atoms with Gasteiger partial charge in [0, 0.05) is 11.6 Å². The van der Waals surface area contributed by atoms with Crippen molar-refractivity contribution in [3.8, 4) is 0 Å². The predicted octanol–water partition coefficient (Wildman–Crippen LogP) is 0.407. The molecule has 0 amide bonds. The summed E-state index contributed by atoms with van der Waals surface area (Å²) in [5, 5.41) is 8.55. The molecule has 1 aliphatic heterocycles. The second-order valence-corrected chi connectivity index (χ2v) is 2.29. The van der Waals surface area contributed by atoms with Gasteiger partial charge < -0.3 is 9.84 Å². The highest BCUT2D eigenvalue weighted by Gasteiger charge is 2.18. The van der Waals surface area contributed by atoms with Gasteiger partial charge in [-0.15, -0.1) is 0 Å². The van der Waals surface area contributed by atoms with E-state index in [9.17, 15) is 4.79 Å². The van der Waals surface area contributed by atoms with E-state index >= 15 is 0 Å². The third-order valence-corrected chi connectivity index (χ3v) is 1.54. The molecule has 0 saturated heterocycles. The minimum Gasteiger partial charge on any atom is -0.493 e. The first-order valence-corrected chi connectivity index (χ1v) is 3.43. The number of rotatable bonds is 1. The zero-order valence-corrected chi connectivity index (χ0v) is 6.28. The summed E-state index contributed by atoms with van der Waals surface area (Å²) < 4.78 is 5.03. The van der Waals surface area contributed by atoms with Gasteiger partial charge in [-0.25, -0.2) is 0 Å². The van der Waals surface area contributed by atoms with Crippen LogP contribution in [0.2, 0.25) is 0 Å². The summed E-state index contributed by atoms with van der Waals surface area (Å²) in [7, 11) is 0. The number of carbonyl (C=O) groups excluding carboxylic acids is 1. The molecule has 0 aromatic heterocycles. The maximum atomic E-state index is 11.0. The van der Waals surface area contributed by atoms with Crippen molar-refractivity contribution >= 4 is 5.78 Å². The molecule has 0 aromatic carbocycles. The van der Waals surface area contributed by atoms with Crippen molar-refractivity contribution < 1.29 is 14.6 Å². The van der Waals surface area contributed by atoms with Crippen molar-refractivity contribution in [3.05, 3.63) is 24.0 Å². The molecular formula is C8H10O3. The van der Waals surface area contributed by atoms with Crippen molar-refractivity contribution in [2.45, 2.75) is 13.0 Å².